The highest BCUT2D eigenvalue weighted by Gasteiger charge is 2.19. The second-order valence-electron chi connectivity index (χ2n) is 22.0. The van der Waals surface area contributed by atoms with E-state index in [0.717, 1.165) is 109 Å². The molecule has 6 heteroatoms. The van der Waals surface area contributed by atoms with Crippen molar-refractivity contribution in [2.45, 2.75) is 322 Å². The van der Waals surface area contributed by atoms with Crippen LogP contribution in [-0.2, 0) is 28.6 Å². The van der Waals surface area contributed by atoms with Gasteiger partial charge in [-0.2, -0.15) is 0 Å². The molecule has 0 aromatic carbocycles. The van der Waals surface area contributed by atoms with Crippen LogP contribution in [0.5, 0.6) is 0 Å². The molecule has 0 bridgehead atoms. The van der Waals surface area contributed by atoms with Crippen LogP contribution in [0.4, 0.5) is 0 Å². The summed E-state index contributed by atoms with van der Waals surface area (Å²) >= 11 is 0. The van der Waals surface area contributed by atoms with Gasteiger partial charge < -0.3 is 14.2 Å². The van der Waals surface area contributed by atoms with Crippen molar-refractivity contribution in [1.29, 1.82) is 0 Å². The second-order valence-corrected chi connectivity index (χ2v) is 22.0. The van der Waals surface area contributed by atoms with Crippen molar-refractivity contribution in [2.24, 2.45) is 0 Å². The summed E-state index contributed by atoms with van der Waals surface area (Å²) in [5, 5.41) is 0. The molecule has 0 fully saturated rings. The van der Waals surface area contributed by atoms with Crippen molar-refractivity contribution in [3.63, 3.8) is 0 Å². The first-order valence-electron chi connectivity index (χ1n) is 33.4. The molecule has 0 aromatic heterocycles. The molecule has 0 aliphatic rings. The van der Waals surface area contributed by atoms with E-state index >= 15 is 0 Å². The van der Waals surface area contributed by atoms with Crippen LogP contribution < -0.4 is 0 Å². The second kappa shape index (κ2) is 66.6. The zero-order valence-corrected chi connectivity index (χ0v) is 51.9. The number of allylic oxidation sites excluding steroid dienone is 18. The Morgan fingerprint density at radius 1 is 0.266 bits per heavy atom. The van der Waals surface area contributed by atoms with E-state index in [9.17, 15) is 14.4 Å². The molecule has 0 heterocycles. The van der Waals surface area contributed by atoms with Crippen molar-refractivity contribution in [1.82, 2.24) is 0 Å². The fraction of sp³-hybridized carbons (Fsp3) is 0.712. The molecular formula is C73H124O6. The number of esters is 3. The number of ether oxygens (including phenoxy) is 3. The molecule has 79 heavy (non-hydrogen) atoms. The molecule has 0 spiro atoms. The van der Waals surface area contributed by atoms with Gasteiger partial charge in [0.15, 0.2) is 6.10 Å². The lowest BCUT2D eigenvalue weighted by Crippen LogP contribution is -2.30. The van der Waals surface area contributed by atoms with Crippen molar-refractivity contribution in [3.05, 3.63) is 109 Å². The summed E-state index contributed by atoms with van der Waals surface area (Å²) < 4.78 is 16.9. The average Bonchev–Trinajstić information content (AvgIpc) is 3.45. The minimum atomic E-state index is -0.800. The number of carbonyl (C=O) groups is 3. The third kappa shape index (κ3) is 64.8. The van der Waals surface area contributed by atoms with Crippen LogP contribution in [0, 0.1) is 0 Å². The van der Waals surface area contributed by atoms with Gasteiger partial charge in [-0.05, 0) is 122 Å². The van der Waals surface area contributed by atoms with Gasteiger partial charge in [0.25, 0.3) is 0 Å². The van der Waals surface area contributed by atoms with Crippen molar-refractivity contribution < 1.29 is 28.6 Å². The zero-order valence-electron chi connectivity index (χ0n) is 51.9. The molecule has 0 N–H and O–H groups in total. The molecule has 1 atom stereocenters. The largest absolute Gasteiger partial charge is 0.462 e. The summed E-state index contributed by atoms with van der Waals surface area (Å²) in [5.74, 6) is -0.931. The number of unbranched alkanes of at least 4 members (excludes halogenated alkanes) is 31. The van der Waals surface area contributed by atoms with Crippen LogP contribution in [0.2, 0.25) is 0 Å². The molecular weight excluding hydrogens is 973 g/mol. The van der Waals surface area contributed by atoms with Crippen molar-refractivity contribution in [3.8, 4) is 0 Å². The summed E-state index contributed by atoms with van der Waals surface area (Å²) in [6.07, 6.45) is 91.1. The van der Waals surface area contributed by atoms with Crippen LogP contribution in [0.25, 0.3) is 0 Å². The van der Waals surface area contributed by atoms with Crippen LogP contribution >= 0.6 is 0 Å². The lowest BCUT2D eigenvalue weighted by atomic mass is 10.0. The Morgan fingerprint density at radius 3 is 0.810 bits per heavy atom. The van der Waals surface area contributed by atoms with Gasteiger partial charge >= 0.3 is 17.9 Å². The molecule has 1 unspecified atom stereocenters. The quantitative estimate of drug-likeness (QED) is 0.0261. The van der Waals surface area contributed by atoms with Gasteiger partial charge in [-0.25, -0.2) is 0 Å². The first kappa shape index (κ1) is 75.1. The predicted molar refractivity (Wildman–Crippen MR) is 343 cm³/mol. The maximum absolute atomic E-state index is 12.9. The summed E-state index contributed by atoms with van der Waals surface area (Å²) in [6, 6.07) is 0. The number of rotatable bonds is 60. The lowest BCUT2D eigenvalue weighted by molar-refractivity contribution is -0.167. The predicted octanol–water partition coefficient (Wildman–Crippen LogP) is 23.0. The monoisotopic (exact) mass is 1100 g/mol. The fourth-order valence-corrected chi connectivity index (χ4v) is 9.30. The first-order chi connectivity index (χ1) is 39.0. The van der Waals surface area contributed by atoms with Crippen LogP contribution in [0.15, 0.2) is 109 Å². The minimum Gasteiger partial charge on any atom is -0.462 e. The zero-order chi connectivity index (χ0) is 57.1. The number of hydrogen-bond acceptors (Lipinski definition) is 6. The van der Waals surface area contributed by atoms with Gasteiger partial charge in [0, 0.05) is 19.3 Å². The van der Waals surface area contributed by atoms with Crippen molar-refractivity contribution in [2.75, 3.05) is 13.2 Å². The third-order valence-electron chi connectivity index (χ3n) is 14.2. The van der Waals surface area contributed by atoms with E-state index in [4.69, 9.17) is 14.2 Å². The van der Waals surface area contributed by atoms with Gasteiger partial charge in [0.1, 0.15) is 13.2 Å². The molecule has 0 amide bonds. The summed E-state index contributed by atoms with van der Waals surface area (Å²) in [4.78, 5) is 38.4. The van der Waals surface area contributed by atoms with Gasteiger partial charge in [-0.15, -0.1) is 0 Å². The standard InChI is InChI=1S/C73H124O6/c1-4-7-10-13-16-19-22-25-28-30-32-34-36-38-40-42-45-48-51-54-57-60-63-66-72(75)78-69-70(68-77-71(74)65-62-59-56-53-50-47-44-27-24-21-18-15-12-9-6-3)79-73(76)67-64-61-58-55-52-49-46-43-41-39-37-35-33-31-29-26-23-20-17-14-11-8-5-2/h7,9-10,12,16,18-19,21,25,27-28,31-34,44,50,53,70H,4-6,8,11,13-15,17,20,22-24,26,29-30,35-43,45-49,51-52,54-69H2,1-3H3/b10-7-,12-9-,19-16-,21-18-,28-25-,33-31-,34-32-,44-27-,53-50-. The Kier molecular flexibility index (Phi) is 63.3. The highest BCUT2D eigenvalue weighted by molar-refractivity contribution is 5.71. The number of hydrogen-bond donors (Lipinski definition) is 0. The van der Waals surface area contributed by atoms with Gasteiger partial charge in [-0.1, -0.05) is 284 Å². The topological polar surface area (TPSA) is 78.9 Å². The molecule has 0 aliphatic heterocycles. The Hall–Kier alpha value is -3.93. The Labute approximate surface area is 489 Å². The summed E-state index contributed by atoms with van der Waals surface area (Å²) in [5.41, 5.74) is 0. The van der Waals surface area contributed by atoms with Crippen LogP contribution in [0.1, 0.15) is 316 Å². The molecule has 452 valence electrons. The molecule has 0 rings (SSSR count). The highest BCUT2D eigenvalue weighted by Crippen LogP contribution is 2.16. The number of carbonyl (C=O) groups excluding carboxylic acids is 3. The van der Waals surface area contributed by atoms with E-state index in [1.165, 1.54) is 167 Å². The molecule has 6 nitrogen and oxygen atoms in total. The Morgan fingerprint density at radius 2 is 0.494 bits per heavy atom. The smallest absolute Gasteiger partial charge is 0.306 e. The van der Waals surface area contributed by atoms with Gasteiger partial charge in [-0.3, -0.25) is 14.4 Å². The van der Waals surface area contributed by atoms with E-state index in [2.05, 4.69) is 130 Å². The van der Waals surface area contributed by atoms with E-state index in [-0.39, 0.29) is 31.1 Å². The van der Waals surface area contributed by atoms with Crippen LogP contribution in [-0.4, -0.2) is 37.2 Å². The van der Waals surface area contributed by atoms with E-state index in [1.807, 2.05) is 0 Å². The van der Waals surface area contributed by atoms with E-state index < -0.39 is 6.10 Å². The summed E-state index contributed by atoms with van der Waals surface area (Å²) in [7, 11) is 0. The molecule has 0 saturated carbocycles. The first-order valence-corrected chi connectivity index (χ1v) is 33.4. The van der Waals surface area contributed by atoms with Crippen LogP contribution in [0.3, 0.4) is 0 Å². The molecule has 0 aliphatic carbocycles. The summed E-state index contributed by atoms with van der Waals surface area (Å²) in [6.45, 7) is 6.40. The molecule has 0 saturated heterocycles. The highest BCUT2D eigenvalue weighted by atomic mass is 16.6. The van der Waals surface area contributed by atoms with E-state index in [0.29, 0.717) is 19.3 Å². The maximum atomic E-state index is 12.9. The normalized spacial score (nSPS) is 12.8. The van der Waals surface area contributed by atoms with E-state index in [1.54, 1.807) is 0 Å². The fourth-order valence-electron chi connectivity index (χ4n) is 9.30. The SMILES string of the molecule is CC/C=C\C/C=C\C/C=C\C/C=C\CCCCCCCCCCCCC(=O)OCC(COC(=O)CCCC/C=C\C/C=C\C/C=C\C/C=C\CC)OC(=O)CCCCCCCCCCCCC/C=C\CCCCCCCCCC. The average molecular weight is 1100 g/mol. The van der Waals surface area contributed by atoms with Gasteiger partial charge in [0.05, 0.1) is 0 Å². The third-order valence-corrected chi connectivity index (χ3v) is 14.2. The van der Waals surface area contributed by atoms with Gasteiger partial charge in [0.2, 0.25) is 0 Å². The molecule has 0 aromatic rings. The lowest BCUT2D eigenvalue weighted by Gasteiger charge is -2.18. The Balaban J connectivity index is 4.38. The minimum absolute atomic E-state index is 0.0937. The maximum Gasteiger partial charge on any atom is 0.306 e. The molecule has 0 radical (unpaired) electrons. The van der Waals surface area contributed by atoms with Crippen molar-refractivity contribution >= 4 is 17.9 Å². The Bertz CT molecular complexity index is 1590.